The van der Waals surface area contributed by atoms with E-state index < -0.39 is 17.8 Å². The van der Waals surface area contributed by atoms with Gasteiger partial charge in [-0.15, -0.1) is 0 Å². The number of rotatable bonds is 9. The Morgan fingerprint density at radius 2 is 1.51 bits per heavy atom. The lowest BCUT2D eigenvalue weighted by atomic mass is 10.1. The topological polar surface area (TPSA) is 105 Å². The molecule has 1 heterocycles. The van der Waals surface area contributed by atoms with E-state index in [9.17, 15) is 19.2 Å². The van der Waals surface area contributed by atoms with E-state index in [1.807, 2.05) is 26.8 Å². The van der Waals surface area contributed by atoms with Crippen molar-refractivity contribution in [2.75, 3.05) is 22.1 Å². The molecule has 8 nitrogen and oxygen atoms in total. The molecule has 4 rings (SSSR count). The van der Waals surface area contributed by atoms with Gasteiger partial charge in [-0.1, -0.05) is 37.1 Å². The number of carbonyl (C=O) groups excluding carboxylic acids is 4. The Balaban J connectivity index is 1.40. The Kier molecular flexibility index (Phi) is 8.46. The molecule has 3 amide bonds. The number of nitrogens with zero attached hydrogens (tertiary/aromatic N) is 1. The number of aryl methyl sites for hydroxylation is 1. The van der Waals surface area contributed by atoms with Crippen LogP contribution in [0.3, 0.4) is 0 Å². The highest BCUT2D eigenvalue weighted by Crippen LogP contribution is 2.33. The van der Waals surface area contributed by atoms with Crippen LogP contribution in [0.1, 0.15) is 51.6 Å². The third-order valence-electron chi connectivity index (χ3n) is 6.37. The highest BCUT2D eigenvalue weighted by molar-refractivity contribution is 6.53. The molecule has 0 unspecified atom stereocenters. The fourth-order valence-corrected chi connectivity index (χ4v) is 4.16. The van der Waals surface area contributed by atoms with Gasteiger partial charge in [0.25, 0.3) is 17.7 Å². The molecular weight excluding hydrogens is 518 g/mol. The van der Waals surface area contributed by atoms with Crippen LogP contribution in [0.25, 0.3) is 0 Å². The van der Waals surface area contributed by atoms with Gasteiger partial charge in [0.2, 0.25) is 0 Å². The van der Waals surface area contributed by atoms with Crippen molar-refractivity contribution in [2.24, 2.45) is 0 Å². The molecule has 1 aliphatic rings. The smallest absolute Gasteiger partial charge is 0.338 e. The highest BCUT2D eigenvalue weighted by atomic mass is 35.5. The van der Waals surface area contributed by atoms with E-state index in [0.29, 0.717) is 34.8 Å². The molecule has 0 saturated heterocycles. The van der Waals surface area contributed by atoms with Crippen LogP contribution in [0.4, 0.5) is 17.1 Å². The van der Waals surface area contributed by atoms with E-state index in [2.05, 4.69) is 10.6 Å². The van der Waals surface area contributed by atoms with Crippen molar-refractivity contribution in [1.29, 1.82) is 0 Å². The van der Waals surface area contributed by atoms with Crippen molar-refractivity contribution in [3.8, 4) is 0 Å². The second kappa shape index (κ2) is 12.0. The molecule has 0 atom stereocenters. The minimum Gasteiger partial charge on any atom is -0.462 e. The SMILES string of the molecule is CCCCOC(=O)c1ccc(NC(=O)c2ccc(NC3=C(Cl)C(=O)N(c4cccc(C)c4C)C3=O)cc2)cc1. The number of unbranched alkanes of at least 4 members (excludes halogenated alkanes) is 1. The molecule has 0 bridgehead atoms. The van der Waals surface area contributed by atoms with Crippen LogP contribution in [0, 0.1) is 13.8 Å². The van der Waals surface area contributed by atoms with Crippen LogP contribution in [0.2, 0.25) is 0 Å². The van der Waals surface area contributed by atoms with Crippen LogP contribution in [0.5, 0.6) is 0 Å². The Morgan fingerprint density at radius 1 is 0.872 bits per heavy atom. The van der Waals surface area contributed by atoms with E-state index in [1.54, 1.807) is 60.7 Å². The minimum absolute atomic E-state index is 0.0342. The summed E-state index contributed by atoms with van der Waals surface area (Å²) < 4.78 is 5.19. The average Bonchev–Trinajstić information content (AvgIpc) is 3.14. The second-order valence-corrected chi connectivity index (χ2v) is 9.45. The number of ether oxygens (including phenoxy) is 1. The van der Waals surface area contributed by atoms with Crippen LogP contribution in [0.15, 0.2) is 77.5 Å². The molecule has 0 aliphatic carbocycles. The zero-order chi connectivity index (χ0) is 28.1. The molecule has 0 radical (unpaired) electrons. The van der Waals surface area contributed by atoms with E-state index in [1.165, 1.54) is 0 Å². The Labute approximate surface area is 231 Å². The number of amides is 3. The number of nitrogens with one attached hydrogen (secondary N) is 2. The van der Waals surface area contributed by atoms with E-state index >= 15 is 0 Å². The molecule has 39 heavy (non-hydrogen) atoms. The predicted molar refractivity (Wildman–Crippen MR) is 151 cm³/mol. The van der Waals surface area contributed by atoms with Gasteiger partial charge >= 0.3 is 5.97 Å². The van der Waals surface area contributed by atoms with E-state index in [4.69, 9.17) is 16.3 Å². The zero-order valence-corrected chi connectivity index (χ0v) is 22.6. The van der Waals surface area contributed by atoms with Crippen LogP contribution in [-0.2, 0) is 14.3 Å². The maximum Gasteiger partial charge on any atom is 0.338 e. The number of esters is 1. The molecule has 200 valence electrons. The summed E-state index contributed by atoms with van der Waals surface area (Å²) in [6, 6.07) is 18.2. The van der Waals surface area contributed by atoms with Gasteiger partial charge in [0.05, 0.1) is 17.9 Å². The van der Waals surface area contributed by atoms with Gasteiger partial charge in [-0.25, -0.2) is 9.69 Å². The Morgan fingerprint density at radius 3 is 2.18 bits per heavy atom. The second-order valence-electron chi connectivity index (χ2n) is 9.08. The van der Waals surface area contributed by atoms with Gasteiger partial charge in [0.1, 0.15) is 10.7 Å². The molecule has 0 spiro atoms. The van der Waals surface area contributed by atoms with Crippen molar-refractivity contribution in [3.63, 3.8) is 0 Å². The predicted octanol–water partition coefficient (Wildman–Crippen LogP) is 5.95. The maximum absolute atomic E-state index is 13.1. The third-order valence-corrected chi connectivity index (χ3v) is 6.72. The summed E-state index contributed by atoms with van der Waals surface area (Å²) in [7, 11) is 0. The third kappa shape index (κ3) is 6.02. The molecule has 0 fully saturated rings. The summed E-state index contributed by atoms with van der Waals surface area (Å²) in [4.78, 5) is 51.7. The van der Waals surface area contributed by atoms with Crippen molar-refractivity contribution in [1.82, 2.24) is 0 Å². The van der Waals surface area contributed by atoms with Gasteiger partial charge in [0.15, 0.2) is 0 Å². The van der Waals surface area contributed by atoms with Gasteiger partial charge in [-0.2, -0.15) is 0 Å². The molecule has 3 aromatic carbocycles. The van der Waals surface area contributed by atoms with E-state index in [0.717, 1.165) is 28.9 Å². The first-order valence-electron chi connectivity index (χ1n) is 12.5. The number of anilines is 3. The standard InChI is InChI=1S/C30H28ClN3O5/c1-4-5-17-39-30(38)21-11-15-23(16-12-21)33-27(35)20-9-13-22(14-10-20)32-26-25(31)28(36)34(29(26)37)24-8-6-7-18(2)19(24)3/h6-16,32H,4-5,17H2,1-3H3,(H,33,35). The van der Waals surface area contributed by atoms with Crippen LogP contribution >= 0.6 is 11.6 Å². The highest BCUT2D eigenvalue weighted by Gasteiger charge is 2.39. The molecule has 1 aliphatic heterocycles. The summed E-state index contributed by atoms with van der Waals surface area (Å²) >= 11 is 6.26. The first kappa shape index (κ1) is 27.6. The largest absolute Gasteiger partial charge is 0.462 e. The normalized spacial score (nSPS) is 13.1. The van der Waals surface area contributed by atoms with Crippen molar-refractivity contribution >= 4 is 52.4 Å². The van der Waals surface area contributed by atoms with Gasteiger partial charge in [-0.3, -0.25) is 14.4 Å². The first-order valence-corrected chi connectivity index (χ1v) is 12.9. The molecule has 0 aromatic heterocycles. The lowest BCUT2D eigenvalue weighted by molar-refractivity contribution is -0.120. The maximum atomic E-state index is 13.1. The number of halogens is 1. The quantitative estimate of drug-likeness (QED) is 0.196. The van der Waals surface area contributed by atoms with Crippen LogP contribution in [-0.4, -0.2) is 30.3 Å². The summed E-state index contributed by atoms with van der Waals surface area (Å²) in [6.45, 7) is 6.13. The Hall–Kier alpha value is -4.43. The molecular formula is C30H28ClN3O5. The first-order chi connectivity index (χ1) is 18.7. The summed E-state index contributed by atoms with van der Waals surface area (Å²) in [5.74, 6) is -1.92. The fourth-order valence-electron chi connectivity index (χ4n) is 3.94. The molecule has 2 N–H and O–H groups in total. The summed E-state index contributed by atoms with van der Waals surface area (Å²) in [5.41, 5.74) is 3.97. The summed E-state index contributed by atoms with van der Waals surface area (Å²) in [5, 5.41) is 5.48. The number of hydrogen-bond acceptors (Lipinski definition) is 6. The fraction of sp³-hybridized carbons (Fsp3) is 0.200. The van der Waals surface area contributed by atoms with Crippen molar-refractivity contribution < 1.29 is 23.9 Å². The van der Waals surface area contributed by atoms with Gasteiger partial charge < -0.3 is 15.4 Å². The molecule has 0 saturated carbocycles. The van der Waals surface area contributed by atoms with Crippen molar-refractivity contribution in [3.05, 3.63) is 99.7 Å². The minimum atomic E-state index is -0.603. The van der Waals surface area contributed by atoms with Gasteiger partial charge in [0, 0.05) is 16.9 Å². The number of carbonyl (C=O) groups is 4. The lowest BCUT2D eigenvalue weighted by Crippen LogP contribution is -2.33. The average molecular weight is 546 g/mol. The van der Waals surface area contributed by atoms with Gasteiger partial charge in [-0.05, 0) is 86.0 Å². The number of imide groups is 1. The molecule has 3 aromatic rings. The number of benzene rings is 3. The summed E-state index contributed by atoms with van der Waals surface area (Å²) in [6.07, 6.45) is 1.74. The van der Waals surface area contributed by atoms with Crippen LogP contribution < -0.4 is 15.5 Å². The monoisotopic (exact) mass is 545 g/mol. The van der Waals surface area contributed by atoms with Crippen molar-refractivity contribution in [2.45, 2.75) is 33.6 Å². The molecule has 9 heteroatoms. The number of hydrogen-bond donors (Lipinski definition) is 2. The van der Waals surface area contributed by atoms with E-state index in [-0.39, 0.29) is 16.6 Å². The lowest BCUT2D eigenvalue weighted by Gasteiger charge is -2.18. The Bertz CT molecular complexity index is 1460. The zero-order valence-electron chi connectivity index (χ0n) is 21.8.